The van der Waals surface area contributed by atoms with Crippen molar-refractivity contribution in [2.24, 2.45) is 11.8 Å². The summed E-state index contributed by atoms with van der Waals surface area (Å²) in [5.41, 5.74) is 2.31. The summed E-state index contributed by atoms with van der Waals surface area (Å²) in [7, 11) is 0. The van der Waals surface area contributed by atoms with E-state index >= 15 is 0 Å². The van der Waals surface area contributed by atoms with E-state index in [1.807, 2.05) is 42.5 Å². The lowest BCUT2D eigenvalue weighted by atomic mass is 9.82. The summed E-state index contributed by atoms with van der Waals surface area (Å²) in [5.74, 6) is -0.518. The van der Waals surface area contributed by atoms with E-state index < -0.39 is 17.7 Å². The van der Waals surface area contributed by atoms with Gasteiger partial charge in [0.25, 0.3) is 0 Å². The molecule has 3 atom stereocenters. The Morgan fingerprint density at radius 2 is 1.52 bits per heavy atom. The van der Waals surface area contributed by atoms with E-state index in [1.54, 1.807) is 12.1 Å². The van der Waals surface area contributed by atoms with Crippen LogP contribution in [0.15, 0.2) is 78.9 Å². The molecule has 0 radical (unpaired) electrons. The van der Waals surface area contributed by atoms with Crippen molar-refractivity contribution in [1.82, 2.24) is 4.90 Å². The average Bonchev–Trinajstić information content (AvgIpc) is 2.93. The first-order valence-corrected chi connectivity index (χ1v) is 13.9. The number of benzene rings is 3. The van der Waals surface area contributed by atoms with Crippen molar-refractivity contribution in [3.63, 3.8) is 0 Å². The molecule has 0 aliphatic carbocycles. The van der Waals surface area contributed by atoms with Gasteiger partial charge in [0.2, 0.25) is 0 Å². The van der Waals surface area contributed by atoms with Crippen molar-refractivity contribution in [2.75, 3.05) is 6.54 Å². The number of halogens is 3. The van der Waals surface area contributed by atoms with Crippen LogP contribution in [-0.4, -0.2) is 28.3 Å². The molecule has 4 rings (SSSR count). The number of carbonyl (C=O) groups excluding carboxylic acids is 1. The van der Waals surface area contributed by atoms with Crippen LogP contribution in [0.3, 0.4) is 0 Å². The van der Waals surface area contributed by atoms with Crippen LogP contribution < -0.4 is 0 Å². The van der Waals surface area contributed by atoms with Crippen LogP contribution in [0.25, 0.3) is 0 Å². The molecule has 0 saturated carbocycles. The minimum atomic E-state index is -4.42. The predicted octanol–water partition coefficient (Wildman–Crippen LogP) is 8.34. The van der Waals surface area contributed by atoms with E-state index in [4.69, 9.17) is 0 Å². The minimum absolute atomic E-state index is 0.0265. The van der Waals surface area contributed by atoms with Gasteiger partial charge in [0.1, 0.15) is 0 Å². The van der Waals surface area contributed by atoms with Crippen LogP contribution in [-0.2, 0) is 11.0 Å². The Bertz CT molecular complexity index is 1270. The number of carbonyl (C=O) groups is 2. The highest BCUT2D eigenvalue weighted by molar-refractivity contribution is 6.08. The first-order valence-electron chi connectivity index (χ1n) is 13.9. The zero-order chi connectivity index (χ0) is 28.9. The summed E-state index contributed by atoms with van der Waals surface area (Å²) >= 11 is 0. The maximum Gasteiger partial charge on any atom is 0.416 e. The number of likely N-dealkylation sites (tertiary alicyclic amines) is 1. The summed E-state index contributed by atoms with van der Waals surface area (Å²) in [6.45, 7) is 4.95. The number of carboxylic acid groups (broad SMARTS) is 1. The average molecular weight is 552 g/mol. The fourth-order valence-electron chi connectivity index (χ4n) is 5.71. The third-order valence-electron chi connectivity index (χ3n) is 7.85. The molecule has 1 heterocycles. The van der Waals surface area contributed by atoms with E-state index in [0.717, 1.165) is 36.1 Å². The van der Waals surface area contributed by atoms with Gasteiger partial charge in [0.05, 0.1) is 5.56 Å². The van der Waals surface area contributed by atoms with Crippen molar-refractivity contribution in [2.45, 2.75) is 64.2 Å². The molecule has 0 amide bonds. The molecule has 1 aliphatic rings. The Balaban J connectivity index is 1.67. The van der Waals surface area contributed by atoms with Gasteiger partial charge in [-0.1, -0.05) is 80.6 Å². The molecule has 3 aromatic carbocycles. The maximum absolute atomic E-state index is 13.3. The van der Waals surface area contributed by atoms with Crippen molar-refractivity contribution in [3.8, 4) is 0 Å². The number of alkyl halides is 3. The lowest BCUT2D eigenvalue weighted by Crippen LogP contribution is -2.40. The van der Waals surface area contributed by atoms with Gasteiger partial charge in [0, 0.05) is 29.6 Å². The molecule has 3 aromatic rings. The predicted molar refractivity (Wildman–Crippen MR) is 149 cm³/mol. The Kier molecular flexibility index (Phi) is 9.46. The molecule has 0 bridgehead atoms. The molecule has 0 spiro atoms. The van der Waals surface area contributed by atoms with Crippen LogP contribution in [0.4, 0.5) is 13.2 Å². The lowest BCUT2D eigenvalue weighted by Gasteiger charge is -2.44. The normalized spacial score (nSPS) is 18.9. The summed E-state index contributed by atoms with van der Waals surface area (Å²) in [6.07, 6.45) is -1.34. The zero-order valence-electron chi connectivity index (χ0n) is 22.9. The Morgan fingerprint density at radius 3 is 2.10 bits per heavy atom. The number of aliphatic carboxylic acids is 1. The summed E-state index contributed by atoms with van der Waals surface area (Å²) in [4.78, 5) is 26.8. The van der Waals surface area contributed by atoms with E-state index in [9.17, 15) is 27.9 Å². The molecule has 212 valence electrons. The van der Waals surface area contributed by atoms with Gasteiger partial charge < -0.3 is 5.11 Å². The Labute approximate surface area is 233 Å². The standard InChI is InChI=1S/C33H36F3NO3/c1-22(2)8-17-29(24-9-11-27(12-10-24)32(40)26-6-4-3-5-7-26)37-19-18-23(21-31(38)39)20-30(37)25-13-15-28(16-14-25)33(34,35)36/h3-7,9-16,22-23,29-30H,8,17-21H2,1-2H3,(H,38,39)/t23-,29-,30+/m1/s1. The largest absolute Gasteiger partial charge is 0.481 e. The molecule has 4 nitrogen and oxygen atoms in total. The molecule has 1 saturated heterocycles. The van der Waals surface area contributed by atoms with E-state index in [-0.39, 0.29) is 30.2 Å². The van der Waals surface area contributed by atoms with Gasteiger partial charge in [0.15, 0.2) is 5.78 Å². The summed E-state index contributed by atoms with van der Waals surface area (Å²) < 4.78 is 39.8. The second-order valence-electron chi connectivity index (χ2n) is 11.2. The van der Waals surface area contributed by atoms with Crippen LogP contribution >= 0.6 is 0 Å². The van der Waals surface area contributed by atoms with E-state index in [0.29, 0.717) is 36.4 Å². The molecule has 1 N–H and O–H groups in total. The van der Waals surface area contributed by atoms with Gasteiger partial charge >= 0.3 is 12.1 Å². The summed E-state index contributed by atoms with van der Waals surface area (Å²) in [6, 6.07) is 21.8. The molecule has 0 aromatic heterocycles. The summed E-state index contributed by atoms with van der Waals surface area (Å²) in [5, 5.41) is 9.43. The molecule has 1 fully saturated rings. The van der Waals surface area contributed by atoms with Crippen LogP contribution in [0.5, 0.6) is 0 Å². The van der Waals surface area contributed by atoms with Crippen molar-refractivity contribution < 1.29 is 27.9 Å². The first kappa shape index (κ1) is 29.5. The number of nitrogens with zero attached hydrogens (tertiary/aromatic N) is 1. The monoisotopic (exact) mass is 551 g/mol. The van der Waals surface area contributed by atoms with E-state index in [1.165, 1.54) is 12.1 Å². The van der Waals surface area contributed by atoms with Gasteiger partial charge in [-0.05, 0) is 67.3 Å². The van der Waals surface area contributed by atoms with Crippen molar-refractivity contribution in [3.05, 3.63) is 107 Å². The second kappa shape index (κ2) is 12.8. The molecule has 0 unspecified atom stereocenters. The molecule has 40 heavy (non-hydrogen) atoms. The van der Waals surface area contributed by atoms with Gasteiger partial charge in [-0.3, -0.25) is 14.5 Å². The highest BCUT2D eigenvalue weighted by Crippen LogP contribution is 2.43. The third kappa shape index (κ3) is 7.39. The Hall–Kier alpha value is -3.45. The smallest absolute Gasteiger partial charge is 0.416 e. The SMILES string of the molecule is CC(C)CC[C@H](c1ccc(C(=O)c2ccccc2)cc1)N1CC[C@@H](CC(=O)O)C[C@H]1c1ccc(C(F)(F)F)cc1. The highest BCUT2D eigenvalue weighted by Gasteiger charge is 2.36. The number of piperidine rings is 1. The number of carboxylic acids is 1. The van der Waals surface area contributed by atoms with Crippen LogP contribution in [0.2, 0.25) is 0 Å². The second-order valence-corrected chi connectivity index (χ2v) is 11.2. The van der Waals surface area contributed by atoms with E-state index in [2.05, 4.69) is 18.7 Å². The highest BCUT2D eigenvalue weighted by atomic mass is 19.4. The minimum Gasteiger partial charge on any atom is -0.481 e. The van der Waals surface area contributed by atoms with Crippen LogP contribution in [0, 0.1) is 11.8 Å². The van der Waals surface area contributed by atoms with Crippen molar-refractivity contribution >= 4 is 11.8 Å². The Morgan fingerprint density at radius 1 is 0.900 bits per heavy atom. The molecular weight excluding hydrogens is 515 g/mol. The molecule has 7 heteroatoms. The number of ketones is 1. The number of hydrogen-bond acceptors (Lipinski definition) is 3. The fourth-order valence-corrected chi connectivity index (χ4v) is 5.71. The number of rotatable bonds is 10. The topological polar surface area (TPSA) is 57.6 Å². The maximum atomic E-state index is 13.3. The third-order valence-corrected chi connectivity index (χ3v) is 7.85. The number of hydrogen-bond donors (Lipinski definition) is 1. The zero-order valence-corrected chi connectivity index (χ0v) is 22.9. The quantitative estimate of drug-likeness (QED) is 0.257. The fraction of sp³-hybridized carbons (Fsp3) is 0.394. The van der Waals surface area contributed by atoms with Crippen molar-refractivity contribution in [1.29, 1.82) is 0 Å². The van der Waals surface area contributed by atoms with Gasteiger partial charge in [-0.25, -0.2) is 0 Å². The first-order chi connectivity index (χ1) is 19.0. The molecule has 1 aliphatic heterocycles. The van der Waals surface area contributed by atoms with Gasteiger partial charge in [-0.2, -0.15) is 13.2 Å². The van der Waals surface area contributed by atoms with Gasteiger partial charge in [-0.15, -0.1) is 0 Å². The molecular formula is C33H36F3NO3. The van der Waals surface area contributed by atoms with Crippen LogP contribution in [0.1, 0.15) is 90.6 Å². The lowest BCUT2D eigenvalue weighted by molar-refractivity contribution is -0.139.